The Labute approximate surface area is 224 Å². The van der Waals surface area contributed by atoms with Gasteiger partial charge >= 0.3 is 0 Å². The zero-order valence-electron chi connectivity index (χ0n) is 22.9. The van der Waals surface area contributed by atoms with Crippen molar-refractivity contribution >= 4 is 16.6 Å². The van der Waals surface area contributed by atoms with E-state index < -0.39 is 17.3 Å². The molecule has 2 atom stereocenters. The van der Waals surface area contributed by atoms with Gasteiger partial charge in [-0.1, -0.05) is 18.2 Å². The summed E-state index contributed by atoms with van der Waals surface area (Å²) in [5.74, 6) is -0.975. The summed E-state index contributed by atoms with van der Waals surface area (Å²) in [4.78, 5) is 7.86. The number of rotatable bonds is 3. The fraction of sp³-hybridized carbons (Fsp3) is 0.548. The molecule has 2 fully saturated rings. The van der Waals surface area contributed by atoms with Crippen molar-refractivity contribution in [1.29, 1.82) is 0 Å². The number of alkyl halides is 1. The molecule has 0 radical (unpaired) electrons. The molecule has 7 heteroatoms. The topological polar surface area (TPSA) is 34.3 Å². The number of aromatic nitrogens is 1. The molecule has 2 aromatic carbocycles. The summed E-state index contributed by atoms with van der Waals surface area (Å²) in [6.45, 7) is 10.8. The number of H-pyrrole nitrogens is 1. The number of aromatic amines is 1. The second kappa shape index (κ2) is 10.9. The molecular formula is C31H41F3N4. The third-order valence-electron chi connectivity index (χ3n) is 8.51. The van der Waals surface area contributed by atoms with Crippen LogP contribution in [-0.2, 0) is 13.0 Å². The lowest BCUT2D eigenvalue weighted by atomic mass is 9.80. The maximum absolute atomic E-state index is 13.9. The molecule has 206 valence electrons. The summed E-state index contributed by atoms with van der Waals surface area (Å²) >= 11 is 0. The first kappa shape index (κ1) is 27.1. The third-order valence-corrected chi connectivity index (χ3v) is 8.51. The molecule has 4 nitrogen and oxygen atoms in total. The number of halogens is 3. The van der Waals surface area contributed by atoms with Gasteiger partial charge in [-0.15, -0.1) is 0 Å². The second-order valence-electron chi connectivity index (χ2n) is 12.2. The maximum Gasteiger partial charge on any atom is 0.128 e. The summed E-state index contributed by atoms with van der Waals surface area (Å²) in [6, 6.07) is 12.6. The van der Waals surface area contributed by atoms with Crippen LogP contribution in [0.5, 0.6) is 0 Å². The molecule has 0 bridgehead atoms. The van der Waals surface area contributed by atoms with Crippen molar-refractivity contribution in [3.63, 3.8) is 0 Å². The van der Waals surface area contributed by atoms with E-state index in [1.807, 2.05) is 0 Å². The lowest BCUT2D eigenvalue weighted by molar-refractivity contribution is 0.0853. The number of anilines is 1. The molecule has 0 amide bonds. The first-order chi connectivity index (χ1) is 18.1. The van der Waals surface area contributed by atoms with Gasteiger partial charge in [0.05, 0.1) is 0 Å². The highest BCUT2D eigenvalue weighted by atomic mass is 19.1. The Bertz CT molecular complexity index is 1220. The molecule has 3 aliphatic rings. The zero-order valence-corrected chi connectivity index (χ0v) is 22.9. The van der Waals surface area contributed by atoms with Crippen LogP contribution in [0.1, 0.15) is 57.7 Å². The lowest BCUT2D eigenvalue weighted by Crippen LogP contribution is -2.44. The van der Waals surface area contributed by atoms with Crippen molar-refractivity contribution in [2.24, 2.45) is 5.41 Å². The van der Waals surface area contributed by atoms with Gasteiger partial charge in [-0.05, 0) is 95.1 Å². The van der Waals surface area contributed by atoms with Crippen LogP contribution < -0.4 is 10.2 Å². The maximum atomic E-state index is 13.9. The highest BCUT2D eigenvalue weighted by Gasteiger charge is 2.38. The van der Waals surface area contributed by atoms with Gasteiger partial charge in [0.1, 0.15) is 17.3 Å². The van der Waals surface area contributed by atoms with Crippen molar-refractivity contribution in [1.82, 2.24) is 15.2 Å². The van der Waals surface area contributed by atoms with Gasteiger partial charge in [0.2, 0.25) is 0 Å². The highest BCUT2D eigenvalue weighted by Crippen LogP contribution is 2.41. The molecule has 1 aromatic heterocycles. The van der Waals surface area contributed by atoms with Crippen molar-refractivity contribution in [2.75, 3.05) is 37.6 Å². The van der Waals surface area contributed by atoms with Crippen LogP contribution in [0.25, 0.3) is 10.9 Å². The fourth-order valence-corrected chi connectivity index (χ4v) is 6.58. The fourth-order valence-electron chi connectivity index (χ4n) is 6.58. The van der Waals surface area contributed by atoms with Crippen molar-refractivity contribution in [3.8, 4) is 0 Å². The minimum atomic E-state index is -1.14. The predicted molar refractivity (Wildman–Crippen MR) is 149 cm³/mol. The molecule has 38 heavy (non-hydrogen) atoms. The molecule has 0 aliphatic carbocycles. The van der Waals surface area contributed by atoms with Crippen LogP contribution in [0, 0.1) is 17.0 Å². The lowest BCUT2D eigenvalue weighted by Gasteiger charge is -2.36. The second-order valence-corrected chi connectivity index (χ2v) is 12.2. The Kier molecular flexibility index (Phi) is 7.79. The number of hydrogen-bond acceptors (Lipinski definition) is 3. The highest BCUT2D eigenvalue weighted by molar-refractivity contribution is 5.84. The summed E-state index contributed by atoms with van der Waals surface area (Å²) in [5.41, 5.74) is 3.75. The smallest absolute Gasteiger partial charge is 0.128 e. The summed E-state index contributed by atoms with van der Waals surface area (Å²) in [5, 5.41) is 4.76. The number of benzene rings is 2. The van der Waals surface area contributed by atoms with Crippen LogP contribution >= 0.6 is 0 Å². The van der Waals surface area contributed by atoms with Crippen LogP contribution in [0.15, 0.2) is 42.5 Å². The SMILES string of the molecule is CC1Cc2c([nH]c3ccccc23)CN1CC(C)(C)F.Fc1cc(F)cc(N2CCC3(CCCNCC3)C2)c1. The summed E-state index contributed by atoms with van der Waals surface area (Å²) in [7, 11) is 0. The average molecular weight is 527 g/mol. The van der Waals surface area contributed by atoms with Gasteiger partial charge in [0, 0.05) is 60.6 Å². The van der Waals surface area contributed by atoms with E-state index in [1.165, 1.54) is 53.6 Å². The molecular weight excluding hydrogens is 485 g/mol. The van der Waals surface area contributed by atoms with Crippen LogP contribution in [0.2, 0.25) is 0 Å². The van der Waals surface area contributed by atoms with Crippen molar-refractivity contribution in [3.05, 3.63) is 65.4 Å². The Morgan fingerprint density at radius 3 is 2.55 bits per heavy atom. The average Bonchev–Trinajstić information content (AvgIpc) is 3.33. The molecule has 2 N–H and O–H groups in total. The van der Waals surface area contributed by atoms with Gasteiger partial charge in [-0.25, -0.2) is 13.2 Å². The number of nitrogens with one attached hydrogen (secondary N) is 2. The minimum absolute atomic E-state index is 0.340. The molecule has 2 saturated heterocycles. The van der Waals surface area contributed by atoms with Crippen molar-refractivity contribution in [2.45, 2.75) is 71.1 Å². The van der Waals surface area contributed by atoms with Gasteiger partial charge in [-0.3, -0.25) is 4.90 Å². The molecule has 2 unspecified atom stereocenters. The van der Waals surface area contributed by atoms with Crippen LogP contribution in [-0.4, -0.2) is 54.3 Å². The first-order valence-corrected chi connectivity index (χ1v) is 14.0. The van der Waals surface area contributed by atoms with Crippen LogP contribution in [0.4, 0.5) is 18.9 Å². The Morgan fingerprint density at radius 2 is 1.79 bits per heavy atom. The van der Waals surface area contributed by atoms with E-state index in [1.54, 1.807) is 13.8 Å². The predicted octanol–water partition coefficient (Wildman–Crippen LogP) is 6.60. The van der Waals surface area contributed by atoms with Crippen LogP contribution in [0.3, 0.4) is 0 Å². The largest absolute Gasteiger partial charge is 0.371 e. The number of para-hydroxylation sites is 1. The monoisotopic (exact) mass is 526 g/mol. The van der Waals surface area contributed by atoms with E-state index in [-0.39, 0.29) is 0 Å². The normalized spacial score (nSPS) is 24.3. The molecule has 3 aliphatic heterocycles. The number of hydrogen-bond donors (Lipinski definition) is 2. The van der Waals surface area contributed by atoms with Gasteiger partial charge < -0.3 is 15.2 Å². The van der Waals surface area contributed by atoms with E-state index in [0.29, 0.717) is 23.7 Å². The molecule has 4 heterocycles. The molecule has 3 aromatic rings. The molecule has 6 rings (SSSR count). The quantitative estimate of drug-likeness (QED) is 0.404. The van der Waals surface area contributed by atoms with E-state index in [9.17, 15) is 13.2 Å². The van der Waals surface area contributed by atoms with E-state index >= 15 is 0 Å². The van der Waals surface area contributed by atoms with Crippen molar-refractivity contribution < 1.29 is 13.2 Å². The van der Waals surface area contributed by atoms with E-state index in [2.05, 4.69) is 51.3 Å². The molecule has 1 spiro atoms. The first-order valence-electron chi connectivity index (χ1n) is 14.0. The summed E-state index contributed by atoms with van der Waals surface area (Å²) in [6.07, 6.45) is 5.71. The van der Waals surface area contributed by atoms with Gasteiger partial charge in [-0.2, -0.15) is 0 Å². The standard InChI is InChI=1S/C16H21FN2.C15H20F2N2/c1-11-8-13-12-6-4-5-7-14(12)18-15(13)9-19(11)10-16(2,3)17;16-12-8-13(17)10-14(9-12)19-7-4-15(11-19)2-1-5-18-6-3-15/h4-7,11,18H,8-10H2,1-3H3;8-10,18H,1-7,11H2. The van der Waals surface area contributed by atoms with E-state index in [4.69, 9.17) is 0 Å². The summed E-state index contributed by atoms with van der Waals surface area (Å²) < 4.78 is 40.5. The number of fused-ring (bicyclic) bond motifs is 3. The van der Waals surface area contributed by atoms with E-state index in [0.717, 1.165) is 51.6 Å². The molecule has 0 saturated carbocycles. The Balaban J connectivity index is 0.000000155. The number of nitrogens with zero attached hydrogens (tertiary/aromatic N) is 2. The third kappa shape index (κ3) is 6.20. The Hall–Kier alpha value is -2.51. The zero-order chi connectivity index (χ0) is 26.9. The van der Waals surface area contributed by atoms with Gasteiger partial charge in [0.15, 0.2) is 0 Å². The minimum Gasteiger partial charge on any atom is -0.371 e. The Morgan fingerprint density at radius 1 is 1.03 bits per heavy atom. The van der Waals surface area contributed by atoms with Gasteiger partial charge in [0.25, 0.3) is 0 Å².